The molecule has 4 nitrogen and oxygen atoms in total. The molecule has 1 amide bonds. The number of rotatable bonds is 3. The van der Waals surface area contributed by atoms with Crippen molar-refractivity contribution < 1.29 is 9.53 Å². The van der Waals surface area contributed by atoms with Gasteiger partial charge in [-0.2, -0.15) is 0 Å². The van der Waals surface area contributed by atoms with Crippen LogP contribution in [0.5, 0.6) is 5.75 Å². The number of carbonyl (C=O) groups excluding carboxylic acids is 1. The van der Waals surface area contributed by atoms with Crippen molar-refractivity contribution in [2.75, 3.05) is 18.8 Å². The van der Waals surface area contributed by atoms with Crippen molar-refractivity contribution in [2.24, 2.45) is 0 Å². The largest absolute Gasteiger partial charge is 0.490 e. The van der Waals surface area contributed by atoms with Gasteiger partial charge in [-0.3, -0.25) is 4.79 Å². The molecule has 0 bridgehead atoms. The van der Waals surface area contributed by atoms with Crippen molar-refractivity contribution in [1.29, 1.82) is 0 Å². The molecule has 0 atom stereocenters. The summed E-state index contributed by atoms with van der Waals surface area (Å²) < 4.78 is 5.95. The number of nitrogens with zero attached hydrogens (tertiary/aromatic N) is 1. The van der Waals surface area contributed by atoms with Crippen LogP contribution < -0.4 is 10.5 Å². The summed E-state index contributed by atoms with van der Waals surface area (Å²) >= 11 is 6.10. The van der Waals surface area contributed by atoms with Gasteiger partial charge in [0.05, 0.1) is 10.6 Å². The first-order chi connectivity index (χ1) is 11.1. The highest BCUT2D eigenvalue weighted by Crippen LogP contribution is 2.23. The minimum absolute atomic E-state index is 0.0125. The summed E-state index contributed by atoms with van der Waals surface area (Å²) in [6.45, 7) is 1.34. The first kappa shape index (κ1) is 15.7. The summed E-state index contributed by atoms with van der Waals surface area (Å²) in [4.78, 5) is 14.3. The number of anilines is 1. The minimum Gasteiger partial charge on any atom is -0.490 e. The number of piperidine rings is 1. The van der Waals surface area contributed by atoms with Crippen LogP contribution in [0.2, 0.25) is 5.02 Å². The molecule has 1 aliphatic rings. The van der Waals surface area contributed by atoms with Gasteiger partial charge in [0.1, 0.15) is 11.9 Å². The van der Waals surface area contributed by atoms with E-state index < -0.39 is 0 Å². The van der Waals surface area contributed by atoms with Crippen molar-refractivity contribution in [3.63, 3.8) is 0 Å². The van der Waals surface area contributed by atoms with Gasteiger partial charge in [-0.15, -0.1) is 0 Å². The van der Waals surface area contributed by atoms with Crippen LogP contribution in [0.1, 0.15) is 23.2 Å². The van der Waals surface area contributed by atoms with E-state index in [1.807, 2.05) is 41.3 Å². The van der Waals surface area contributed by atoms with E-state index in [1.54, 1.807) is 12.1 Å². The minimum atomic E-state index is -0.0125. The number of hydrogen-bond acceptors (Lipinski definition) is 3. The Morgan fingerprint density at radius 1 is 1.09 bits per heavy atom. The Kier molecular flexibility index (Phi) is 4.72. The van der Waals surface area contributed by atoms with E-state index in [9.17, 15) is 4.79 Å². The fraction of sp³-hybridized carbons (Fsp3) is 0.278. The highest BCUT2D eigenvalue weighted by molar-refractivity contribution is 6.33. The van der Waals surface area contributed by atoms with E-state index in [0.29, 0.717) is 23.7 Å². The van der Waals surface area contributed by atoms with Gasteiger partial charge in [-0.25, -0.2) is 0 Å². The lowest BCUT2D eigenvalue weighted by Crippen LogP contribution is -2.41. The molecule has 1 saturated heterocycles. The molecule has 0 aromatic heterocycles. The summed E-state index contributed by atoms with van der Waals surface area (Å²) in [6.07, 6.45) is 1.73. The number of likely N-dealkylation sites (tertiary alicyclic amines) is 1. The molecule has 0 saturated carbocycles. The molecule has 23 heavy (non-hydrogen) atoms. The molecule has 1 heterocycles. The van der Waals surface area contributed by atoms with Crippen LogP contribution in [-0.4, -0.2) is 30.0 Å². The maximum Gasteiger partial charge on any atom is 0.255 e. The highest BCUT2D eigenvalue weighted by atomic mass is 35.5. The van der Waals surface area contributed by atoms with Gasteiger partial charge in [0.25, 0.3) is 5.91 Å². The number of halogens is 1. The SMILES string of the molecule is Nc1ccc(OC2CCN(C(=O)c3ccccc3Cl)CC2)cc1. The Balaban J connectivity index is 1.57. The highest BCUT2D eigenvalue weighted by Gasteiger charge is 2.25. The maximum absolute atomic E-state index is 12.5. The first-order valence-electron chi connectivity index (χ1n) is 7.69. The molecule has 5 heteroatoms. The number of nitrogen functional groups attached to an aromatic ring is 1. The smallest absolute Gasteiger partial charge is 0.255 e. The van der Waals surface area contributed by atoms with E-state index >= 15 is 0 Å². The van der Waals surface area contributed by atoms with Gasteiger partial charge in [-0.1, -0.05) is 23.7 Å². The Hall–Kier alpha value is -2.20. The van der Waals surface area contributed by atoms with Crippen LogP contribution in [0.25, 0.3) is 0 Å². The predicted molar refractivity (Wildman–Crippen MR) is 91.9 cm³/mol. The number of amides is 1. The lowest BCUT2D eigenvalue weighted by atomic mass is 10.1. The monoisotopic (exact) mass is 330 g/mol. The standard InChI is InChI=1S/C18H19ClN2O2/c19-17-4-2-1-3-16(17)18(22)21-11-9-15(10-12-21)23-14-7-5-13(20)6-8-14/h1-8,15H,9-12,20H2. The summed E-state index contributed by atoms with van der Waals surface area (Å²) in [7, 11) is 0. The van der Waals surface area contributed by atoms with Gasteiger partial charge < -0.3 is 15.4 Å². The van der Waals surface area contributed by atoms with Gasteiger partial charge >= 0.3 is 0 Å². The summed E-state index contributed by atoms with van der Waals surface area (Å²) in [6, 6.07) is 14.6. The lowest BCUT2D eigenvalue weighted by molar-refractivity contribution is 0.0596. The fourth-order valence-electron chi connectivity index (χ4n) is 2.72. The molecule has 0 aliphatic carbocycles. The number of nitrogens with two attached hydrogens (primary N) is 1. The van der Waals surface area contributed by atoms with Crippen LogP contribution in [0.3, 0.4) is 0 Å². The average Bonchev–Trinajstić information content (AvgIpc) is 2.57. The van der Waals surface area contributed by atoms with Crippen LogP contribution in [-0.2, 0) is 0 Å². The van der Waals surface area contributed by atoms with Crippen LogP contribution in [0.15, 0.2) is 48.5 Å². The van der Waals surface area contributed by atoms with E-state index in [1.165, 1.54) is 0 Å². The number of carbonyl (C=O) groups is 1. The van der Waals surface area contributed by atoms with E-state index in [0.717, 1.165) is 24.3 Å². The molecule has 1 fully saturated rings. The first-order valence-corrected chi connectivity index (χ1v) is 8.07. The second kappa shape index (κ2) is 6.92. The van der Waals surface area contributed by atoms with Crippen LogP contribution >= 0.6 is 11.6 Å². The van der Waals surface area contributed by atoms with Gasteiger partial charge in [0, 0.05) is 31.6 Å². The summed E-state index contributed by atoms with van der Waals surface area (Å²) in [5.41, 5.74) is 6.95. The molecule has 0 radical (unpaired) electrons. The fourth-order valence-corrected chi connectivity index (χ4v) is 2.94. The topological polar surface area (TPSA) is 55.6 Å². The molecule has 2 aromatic carbocycles. The zero-order chi connectivity index (χ0) is 16.2. The number of benzene rings is 2. The second-order valence-corrected chi connectivity index (χ2v) is 6.07. The molecule has 0 unspecified atom stereocenters. The summed E-state index contributed by atoms with van der Waals surface area (Å²) in [5, 5.41) is 0.498. The van der Waals surface area contributed by atoms with Crippen molar-refractivity contribution in [1.82, 2.24) is 4.90 Å². The molecule has 1 aliphatic heterocycles. The third-order valence-electron chi connectivity index (χ3n) is 4.02. The third kappa shape index (κ3) is 3.77. The van der Waals surface area contributed by atoms with Crippen LogP contribution in [0.4, 0.5) is 5.69 Å². The predicted octanol–water partition coefficient (Wildman–Crippen LogP) is 3.61. The van der Waals surface area contributed by atoms with E-state index in [-0.39, 0.29) is 12.0 Å². The van der Waals surface area contributed by atoms with E-state index in [4.69, 9.17) is 22.1 Å². The number of hydrogen-bond donors (Lipinski definition) is 1. The molecule has 3 rings (SSSR count). The molecule has 2 N–H and O–H groups in total. The third-order valence-corrected chi connectivity index (χ3v) is 4.35. The van der Waals surface area contributed by atoms with Crippen LogP contribution in [0, 0.1) is 0 Å². The van der Waals surface area contributed by atoms with Crippen molar-refractivity contribution in [2.45, 2.75) is 18.9 Å². The molecular weight excluding hydrogens is 312 g/mol. The van der Waals surface area contributed by atoms with E-state index in [2.05, 4.69) is 0 Å². The maximum atomic E-state index is 12.5. The normalized spacial score (nSPS) is 15.4. The molecule has 2 aromatic rings. The van der Waals surface area contributed by atoms with Crippen molar-refractivity contribution in [3.05, 3.63) is 59.1 Å². The Bertz CT molecular complexity index is 680. The van der Waals surface area contributed by atoms with Gasteiger partial charge in [0.15, 0.2) is 0 Å². The molecular formula is C18H19ClN2O2. The average molecular weight is 331 g/mol. The van der Waals surface area contributed by atoms with Gasteiger partial charge in [-0.05, 0) is 36.4 Å². The van der Waals surface area contributed by atoms with Gasteiger partial charge in [0.2, 0.25) is 0 Å². The molecule has 0 spiro atoms. The van der Waals surface area contributed by atoms with Crippen molar-refractivity contribution >= 4 is 23.2 Å². The zero-order valence-corrected chi connectivity index (χ0v) is 13.5. The Labute approximate surface area is 140 Å². The Morgan fingerprint density at radius 2 is 1.74 bits per heavy atom. The zero-order valence-electron chi connectivity index (χ0n) is 12.7. The van der Waals surface area contributed by atoms with Crippen molar-refractivity contribution in [3.8, 4) is 5.75 Å². The number of ether oxygens (including phenoxy) is 1. The second-order valence-electron chi connectivity index (χ2n) is 5.66. The quantitative estimate of drug-likeness (QED) is 0.875. The summed E-state index contributed by atoms with van der Waals surface area (Å²) in [5.74, 6) is 0.802. The Morgan fingerprint density at radius 3 is 2.39 bits per heavy atom. The molecule has 120 valence electrons. The lowest BCUT2D eigenvalue weighted by Gasteiger charge is -2.32.